The van der Waals surface area contributed by atoms with E-state index in [0.29, 0.717) is 17.5 Å². The van der Waals surface area contributed by atoms with E-state index in [1.165, 1.54) is 64.5 Å². The highest BCUT2D eigenvalue weighted by atomic mass is 28.3. The molecule has 0 spiro atoms. The molecule has 1 aliphatic heterocycles. The van der Waals surface area contributed by atoms with Gasteiger partial charge in [-0.05, 0) is 81.7 Å². The fourth-order valence-corrected chi connectivity index (χ4v) is 15.2. The number of hydrogen-bond acceptors (Lipinski definition) is 3. The quantitative estimate of drug-likeness (QED) is 0.150. The van der Waals surface area contributed by atoms with Crippen molar-refractivity contribution in [3.8, 4) is 67.5 Å². The monoisotopic (exact) mass is 817 g/mol. The summed E-state index contributed by atoms with van der Waals surface area (Å²) in [5, 5.41) is 10.5. The van der Waals surface area contributed by atoms with E-state index in [1.54, 1.807) is 0 Å². The summed E-state index contributed by atoms with van der Waals surface area (Å²) >= 11 is 0. The Morgan fingerprint density at radius 2 is 0.698 bits per heavy atom. The summed E-state index contributed by atoms with van der Waals surface area (Å²) in [6.45, 7) is 0. The van der Waals surface area contributed by atoms with Crippen LogP contribution in [0.25, 0.3) is 89.1 Å². The molecule has 0 atom stereocenters. The smallest absolute Gasteiger partial charge is 0.181 e. The first kappa shape index (κ1) is 36.8. The van der Waals surface area contributed by atoms with Crippen LogP contribution < -0.4 is 20.7 Å². The van der Waals surface area contributed by atoms with Crippen LogP contribution in [0.2, 0.25) is 0 Å². The molecule has 0 radical (unpaired) electrons. The van der Waals surface area contributed by atoms with Crippen molar-refractivity contribution in [1.29, 1.82) is 0 Å². The minimum absolute atomic E-state index is 0.636. The first-order chi connectivity index (χ1) is 31.2. The Bertz CT molecular complexity index is 3440. The van der Waals surface area contributed by atoms with Crippen molar-refractivity contribution in [3.05, 3.63) is 237 Å². The van der Waals surface area contributed by atoms with E-state index < -0.39 is 8.07 Å². The standard InChI is InChI=1S/C59H39N3Si/c1-4-14-40(15-5-1)42-24-29-45(30-25-42)57-60-58(46-31-26-43(27-32-46)48-33-28-41-16-10-11-18-47(41)38-48)62-59(61-57)49-35-36-53-54-37-34-44-17-12-13-23-52(44)56(54)63(55(53)39-49,50-19-6-2-7-20-50)51-21-8-3-9-22-51/h1-39H. The largest absolute Gasteiger partial charge is 0.208 e. The van der Waals surface area contributed by atoms with Crippen LogP contribution in [0.15, 0.2) is 237 Å². The predicted molar refractivity (Wildman–Crippen MR) is 265 cm³/mol. The third kappa shape index (κ3) is 6.22. The number of nitrogens with zero attached hydrogens (tertiary/aromatic N) is 3. The van der Waals surface area contributed by atoms with Gasteiger partial charge in [0.05, 0.1) is 0 Å². The van der Waals surface area contributed by atoms with Gasteiger partial charge in [-0.1, -0.05) is 231 Å². The fraction of sp³-hybridized carbons (Fsp3) is 0. The fourth-order valence-electron chi connectivity index (χ4n) is 9.79. The van der Waals surface area contributed by atoms with Gasteiger partial charge in [-0.25, -0.2) is 15.0 Å². The second kappa shape index (κ2) is 15.1. The molecule has 4 heteroatoms. The zero-order valence-corrected chi connectivity index (χ0v) is 35.4. The van der Waals surface area contributed by atoms with Gasteiger partial charge in [-0.3, -0.25) is 0 Å². The van der Waals surface area contributed by atoms with Crippen LogP contribution >= 0.6 is 0 Å². The highest BCUT2D eigenvalue weighted by Crippen LogP contribution is 2.36. The van der Waals surface area contributed by atoms with Crippen molar-refractivity contribution >= 4 is 50.4 Å². The highest BCUT2D eigenvalue weighted by molar-refractivity contribution is 7.23. The molecule has 0 saturated heterocycles. The number of benzene rings is 10. The van der Waals surface area contributed by atoms with Gasteiger partial charge in [0.1, 0.15) is 0 Å². The molecule has 63 heavy (non-hydrogen) atoms. The Kier molecular flexibility index (Phi) is 8.84. The maximum absolute atomic E-state index is 5.32. The van der Waals surface area contributed by atoms with Gasteiger partial charge in [-0.15, -0.1) is 0 Å². The normalized spacial score (nSPS) is 12.6. The van der Waals surface area contributed by atoms with Gasteiger partial charge in [0.2, 0.25) is 0 Å². The summed E-state index contributed by atoms with van der Waals surface area (Å²) in [6, 6.07) is 85.6. The molecule has 0 amide bonds. The van der Waals surface area contributed by atoms with Crippen LogP contribution in [0.1, 0.15) is 0 Å². The number of aromatic nitrogens is 3. The molecule has 3 nitrogen and oxygen atoms in total. The second-order valence-corrected chi connectivity index (χ2v) is 20.0. The average molecular weight is 818 g/mol. The van der Waals surface area contributed by atoms with E-state index in [1.807, 2.05) is 6.07 Å². The third-order valence-electron chi connectivity index (χ3n) is 12.8. The summed E-state index contributed by atoms with van der Waals surface area (Å²) in [7, 11) is -2.88. The van der Waals surface area contributed by atoms with Gasteiger partial charge in [0.25, 0.3) is 0 Å². The molecule has 0 N–H and O–H groups in total. The lowest BCUT2D eigenvalue weighted by atomic mass is 10.00. The molecule has 0 aliphatic carbocycles. The molecule has 1 aromatic heterocycles. The Balaban J connectivity index is 1.05. The lowest BCUT2D eigenvalue weighted by Gasteiger charge is -2.32. The van der Waals surface area contributed by atoms with Crippen molar-refractivity contribution in [3.63, 3.8) is 0 Å². The van der Waals surface area contributed by atoms with Crippen LogP contribution in [0, 0.1) is 0 Å². The number of hydrogen-bond donors (Lipinski definition) is 0. The van der Waals surface area contributed by atoms with Gasteiger partial charge >= 0.3 is 0 Å². The van der Waals surface area contributed by atoms with E-state index in [0.717, 1.165) is 27.8 Å². The van der Waals surface area contributed by atoms with Crippen molar-refractivity contribution in [1.82, 2.24) is 15.0 Å². The molecule has 0 fully saturated rings. The van der Waals surface area contributed by atoms with Gasteiger partial charge in [-0.2, -0.15) is 0 Å². The molecule has 0 unspecified atom stereocenters. The Labute approximate surface area is 367 Å². The number of rotatable bonds is 7. The van der Waals surface area contributed by atoms with Crippen LogP contribution in [-0.4, -0.2) is 23.0 Å². The van der Waals surface area contributed by atoms with E-state index in [-0.39, 0.29) is 0 Å². The minimum Gasteiger partial charge on any atom is -0.208 e. The Hall–Kier alpha value is -8.05. The summed E-state index contributed by atoms with van der Waals surface area (Å²) in [4.78, 5) is 15.8. The van der Waals surface area contributed by atoms with Gasteiger partial charge < -0.3 is 0 Å². The van der Waals surface area contributed by atoms with Crippen molar-refractivity contribution in [2.24, 2.45) is 0 Å². The van der Waals surface area contributed by atoms with Crippen LogP contribution in [0.5, 0.6) is 0 Å². The molecule has 11 aromatic rings. The van der Waals surface area contributed by atoms with Crippen LogP contribution in [-0.2, 0) is 0 Å². The highest BCUT2D eigenvalue weighted by Gasteiger charge is 2.49. The Morgan fingerprint density at radius 3 is 1.33 bits per heavy atom. The van der Waals surface area contributed by atoms with E-state index >= 15 is 0 Å². The topological polar surface area (TPSA) is 38.7 Å². The molecular weight excluding hydrogens is 779 g/mol. The maximum Gasteiger partial charge on any atom is 0.181 e. The lowest BCUT2D eigenvalue weighted by Crippen LogP contribution is -2.73. The molecule has 10 aromatic carbocycles. The zero-order valence-electron chi connectivity index (χ0n) is 34.4. The van der Waals surface area contributed by atoms with E-state index in [2.05, 4.69) is 231 Å². The van der Waals surface area contributed by atoms with E-state index in [9.17, 15) is 0 Å². The van der Waals surface area contributed by atoms with Gasteiger partial charge in [0.15, 0.2) is 25.5 Å². The first-order valence-electron chi connectivity index (χ1n) is 21.5. The molecule has 0 bridgehead atoms. The van der Waals surface area contributed by atoms with E-state index in [4.69, 9.17) is 15.0 Å². The molecule has 0 saturated carbocycles. The van der Waals surface area contributed by atoms with Crippen LogP contribution in [0.3, 0.4) is 0 Å². The van der Waals surface area contributed by atoms with Crippen molar-refractivity contribution in [2.45, 2.75) is 0 Å². The lowest BCUT2D eigenvalue weighted by molar-refractivity contribution is 1.07. The molecule has 12 rings (SSSR count). The molecule has 1 aliphatic rings. The molecular formula is C59H39N3Si. The number of fused-ring (bicyclic) bond motifs is 6. The third-order valence-corrected chi connectivity index (χ3v) is 17.7. The van der Waals surface area contributed by atoms with Crippen molar-refractivity contribution < 1.29 is 0 Å². The average Bonchev–Trinajstić information content (AvgIpc) is 3.68. The SMILES string of the molecule is c1ccc(-c2ccc(-c3nc(-c4ccc(-c5ccc6ccccc6c5)cc4)nc(-c4ccc5c(c4)[Si](c4ccccc4)(c4ccccc4)c4c-5ccc5ccccc45)n3)cc2)cc1. The molecule has 2 heterocycles. The molecule has 294 valence electrons. The zero-order chi connectivity index (χ0) is 41.7. The van der Waals surface area contributed by atoms with Crippen molar-refractivity contribution in [2.75, 3.05) is 0 Å². The minimum atomic E-state index is -2.88. The van der Waals surface area contributed by atoms with Crippen LogP contribution in [0.4, 0.5) is 0 Å². The van der Waals surface area contributed by atoms with Gasteiger partial charge in [0, 0.05) is 16.7 Å². The second-order valence-electron chi connectivity index (χ2n) is 16.3. The summed E-state index contributed by atoms with van der Waals surface area (Å²) < 4.78 is 0. The summed E-state index contributed by atoms with van der Waals surface area (Å²) in [5.74, 6) is 1.92. The summed E-state index contributed by atoms with van der Waals surface area (Å²) in [6.07, 6.45) is 0. The Morgan fingerprint density at radius 1 is 0.270 bits per heavy atom. The maximum atomic E-state index is 5.32. The predicted octanol–water partition coefficient (Wildman–Crippen LogP) is 11.9. The summed E-state index contributed by atoms with van der Waals surface area (Å²) in [5.41, 5.74) is 10.0. The first-order valence-corrected chi connectivity index (χ1v) is 23.5.